The molecule has 3 heteroatoms. The normalized spacial score (nSPS) is 38.4. The summed E-state index contributed by atoms with van der Waals surface area (Å²) in [5, 5.41) is 3.33. The van der Waals surface area contributed by atoms with E-state index in [1.54, 1.807) is 0 Å². The molecule has 2 heterocycles. The lowest BCUT2D eigenvalue weighted by atomic mass is 9.95. The molecule has 10 heavy (non-hydrogen) atoms. The summed E-state index contributed by atoms with van der Waals surface area (Å²) in [4.78, 5) is 0. The zero-order valence-electron chi connectivity index (χ0n) is 6.01. The van der Waals surface area contributed by atoms with Crippen molar-refractivity contribution in [3.05, 3.63) is 0 Å². The minimum atomic E-state index is 0. The maximum absolute atomic E-state index is 5.49. The first-order valence-electron chi connectivity index (χ1n) is 3.79. The van der Waals surface area contributed by atoms with Crippen LogP contribution >= 0.6 is 12.4 Å². The second kappa shape index (κ2) is 3.56. The molecule has 2 saturated heterocycles. The third-order valence-corrected chi connectivity index (χ3v) is 2.38. The van der Waals surface area contributed by atoms with Crippen molar-refractivity contribution in [2.75, 3.05) is 19.7 Å². The molecule has 0 unspecified atom stereocenters. The Balaban J connectivity index is 0.000000500. The summed E-state index contributed by atoms with van der Waals surface area (Å²) in [6, 6.07) is 0. The summed E-state index contributed by atoms with van der Waals surface area (Å²) in [7, 11) is 0. The van der Waals surface area contributed by atoms with E-state index in [9.17, 15) is 0 Å². The maximum Gasteiger partial charge on any atom is 0.0728 e. The average Bonchev–Trinajstić information content (AvgIpc) is 2.33. The van der Waals surface area contributed by atoms with E-state index in [-0.39, 0.29) is 12.4 Å². The van der Waals surface area contributed by atoms with Gasteiger partial charge >= 0.3 is 0 Å². The van der Waals surface area contributed by atoms with Crippen LogP contribution in [-0.2, 0) is 4.74 Å². The van der Waals surface area contributed by atoms with Gasteiger partial charge in [0.2, 0.25) is 0 Å². The minimum Gasteiger partial charge on any atom is -0.377 e. The molecule has 0 amide bonds. The molecule has 2 aliphatic heterocycles. The van der Waals surface area contributed by atoms with Gasteiger partial charge in [0, 0.05) is 13.2 Å². The molecule has 2 fully saturated rings. The highest BCUT2D eigenvalue weighted by molar-refractivity contribution is 5.85. The fourth-order valence-electron chi connectivity index (χ4n) is 1.78. The second-order valence-electron chi connectivity index (χ2n) is 2.95. The predicted octanol–water partition coefficient (Wildman–Crippen LogP) is 0.807. The Bertz CT molecular complexity index is 97.8. The minimum absolute atomic E-state index is 0. The van der Waals surface area contributed by atoms with Crippen molar-refractivity contribution in [3.63, 3.8) is 0 Å². The Labute approximate surface area is 67.7 Å². The van der Waals surface area contributed by atoms with Crippen LogP contribution in [0.1, 0.15) is 12.8 Å². The monoisotopic (exact) mass is 163 g/mol. The quantitative estimate of drug-likeness (QED) is 0.571. The van der Waals surface area contributed by atoms with Crippen molar-refractivity contribution in [2.45, 2.75) is 18.9 Å². The molecule has 2 aliphatic rings. The average molecular weight is 164 g/mol. The predicted molar refractivity (Wildman–Crippen MR) is 42.6 cm³/mol. The Hall–Kier alpha value is 0.210. The van der Waals surface area contributed by atoms with Crippen LogP contribution in [0.3, 0.4) is 0 Å². The molecule has 2 rings (SSSR count). The van der Waals surface area contributed by atoms with Crippen LogP contribution in [0.15, 0.2) is 0 Å². The number of hydrogen-bond acceptors (Lipinski definition) is 2. The van der Waals surface area contributed by atoms with Gasteiger partial charge in [0.15, 0.2) is 0 Å². The van der Waals surface area contributed by atoms with Crippen molar-refractivity contribution < 1.29 is 4.74 Å². The summed E-state index contributed by atoms with van der Waals surface area (Å²) in [5.41, 5.74) is 0. The van der Waals surface area contributed by atoms with Crippen molar-refractivity contribution in [1.82, 2.24) is 5.32 Å². The van der Waals surface area contributed by atoms with Crippen molar-refractivity contribution >= 4 is 12.4 Å². The largest absolute Gasteiger partial charge is 0.377 e. The lowest BCUT2D eigenvalue weighted by molar-refractivity contribution is 0.0763. The Kier molecular flexibility index (Phi) is 2.96. The molecule has 2 atom stereocenters. The van der Waals surface area contributed by atoms with Gasteiger partial charge in [0.25, 0.3) is 0 Å². The standard InChI is InChI=1S/C7H13NO.ClH/c1-3-8-5-7-6(1)2-4-9-7;/h6-8H,1-5H2;1H/t6-,7-;/m1./s1. The van der Waals surface area contributed by atoms with E-state index >= 15 is 0 Å². The zero-order valence-corrected chi connectivity index (χ0v) is 6.82. The molecule has 0 spiro atoms. The molecule has 0 saturated carbocycles. The number of hydrogen-bond donors (Lipinski definition) is 1. The first-order chi connectivity index (χ1) is 4.47. The van der Waals surface area contributed by atoms with Gasteiger partial charge in [-0.2, -0.15) is 0 Å². The summed E-state index contributed by atoms with van der Waals surface area (Å²) in [5.74, 6) is 0.881. The van der Waals surface area contributed by atoms with E-state index in [0.717, 1.165) is 19.1 Å². The third kappa shape index (κ3) is 1.44. The lowest BCUT2D eigenvalue weighted by Gasteiger charge is -2.24. The number of piperidine rings is 1. The molecular formula is C7H14ClNO. The van der Waals surface area contributed by atoms with E-state index < -0.39 is 0 Å². The highest BCUT2D eigenvalue weighted by atomic mass is 35.5. The van der Waals surface area contributed by atoms with Gasteiger partial charge in [-0.3, -0.25) is 0 Å². The fraction of sp³-hybridized carbons (Fsp3) is 1.00. The fourth-order valence-corrected chi connectivity index (χ4v) is 1.78. The summed E-state index contributed by atoms with van der Waals surface area (Å²) in [6.07, 6.45) is 3.18. The first kappa shape index (κ1) is 8.31. The molecule has 0 aromatic rings. The van der Waals surface area contributed by atoms with E-state index in [1.807, 2.05) is 0 Å². The van der Waals surface area contributed by atoms with E-state index in [1.165, 1.54) is 19.4 Å². The van der Waals surface area contributed by atoms with Gasteiger partial charge in [0.1, 0.15) is 0 Å². The molecule has 0 bridgehead atoms. The molecule has 2 nitrogen and oxygen atoms in total. The lowest BCUT2D eigenvalue weighted by Crippen LogP contribution is -2.38. The molecule has 1 N–H and O–H groups in total. The maximum atomic E-state index is 5.49. The summed E-state index contributed by atoms with van der Waals surface area (Å²) >= 11 is 0. The Morgan fingerprint density at radius 2 is 2.20 bits per heavy atom. The summed E-state index contributed by atoms with van der Waals surface area (Å²) < 4.78 is 5.49. The number of fused-ring (bicyclic) bond motifs is 1. The van der Waals surface area contributed by atoms with Crippen LogP contribution in [0.5, 0.6) is 0 Å². The highest BCUT2D eigenvalue weighted by Crippen LogP contribution is 2.25. The van der Waals surface area contributed by atoms with Crippen LogP contribution in [0.4, 0.5) is 0 Å². The first-order valence-corrected chi connectivity index (χ1v) is 3.79. The van der Waals surface area contributed by atoms with Crippen LogP contribution in [0, 0.1) is 5.92 Å². The van der Waals surface area contributed by atoms with Crippen LogP contribution in [-0.4, -0.2) is 25.8 Å². The number of halogens is 1. The number of nitrogens with one attached hydrogen (secondary N) is 1. The Morgan fingerprint density at radius 1 is 1.30 bits per heavy atom. The van der Waals surface area contributed by atoms with Gasteiger partial charge in [-0.15, -0.1) is 12.4 Å². The molecular weight excluding hydrogens is 150 g/mol. The van der Waals surface area contributed by atoms with Gasteiger partial charge in [-0.1, -0.05) is 0 Å². The smallest absolute Gasteiger partial charge is 0.0728 e. The topological polar surface area (TPSA) is 21.3 Å². The van der Waals surface area contributed by atoms with Crippen LogP contribution in [0.25, 0.3) is 0 Å². The molecule has 0 aliphatic carbocycles. The highest BCUT2D eigenvalue weighted by Gasteiger charge is 2.29. The second-order valence-corrected chi connectivity index (χ2v) is 2.95. The molecule has 60 valence electrons. The molecule has 0 aromatic heterocycles. The number of rotatable bonds is 0. The SMILES string of the molecule is C1C[C@@H]2CCO[C@@H]2CN1.Cl. The van der Waals surface area contributed by atoms with Gasteiger partial charge in [-0.25, -0.2) is 0 Å². The molecule has 0 aromatic carbocycles. The summed E-state index contributed by atoms with van der Waals surface area (Å²) in [6.45, 7) is 3.28. The van der Waals surface area contributed by atoms with Gasteiger partial charge in [-0.05, 0) is 25.3 Å². The van der Waals surface area contributed by atoms with Gasteiger partial charge < -0.3 is 10.1 Å². The van der Waals surface area contributed by atoms with E-state index in [2.05, 4.69) is 5.32 Å². The van der Waals surface area contributed by atoms with E-state index in [4.69, 9.17) is 4.74 Å². The number of ether oxygens (including phenoxy) is 1. The van der Waals surface area contributed by atoms with Crippen molar-refractivity contribution in [3.8, 4) is 0 Å². The molecule has 0 radical (unpaired) electrons. The van der Waals surface area contributed by atoms with Gasteiger partial charge in [0.05, 0.1) is 6.10 Å². The van der Waals surface area contributed by atoms with Crippen LogP contribution in [0.2, 0.25) is 0 Å². The van der Waals surface area contributed by atoms with E-state index in [0.29, 0.717) is 6.10 Å². The zero-order chi connectivity index (χ0) is 6.10. The Morgan fingerprint density at radius 3 is 3.00 bits per heavy atom. The van der Waals surface area contributed by atoms with Crippen LogP contribution < -0.4 is 5.32 Å². The third-order valence-electron chi connectivity index (χ3n) is 2.38. The van der Waals surface area contributed by atoms with Crippen molar-refractivity contribution in [2.24, 2.45) is 5.92 Å². The van der Waals surface area contributed by atoms with Crippen molar-refractivity contribution in [1.29, 1.82) is 0 Å².